The van der Waals surface area contributed by atoms with E-state index in [-0.39, 0.29) is 5.69 Å². The minimum absolute atomic E-state index is 0.0244. The van der Waals surface area contributed by atoms with Gasteiger partial charge in [0.1, 0.15) is 17.1 Å². The lowest BCUT2D eigenvalue weighted by atomic mass is 10.1. The summed E-state index contributed by atoms with van der Waals surface area (Å²) >= 11 is 0. The van der Waals surface area contributed by atoms with Gasteiger partial charge >= 0.3 is 5.97 Å². The molecule has 0 spiro atoms. The maximum Gasteiger partial charge on any atom is 0.338 e. The minimum Gasteiger partial charge on any atom is -0.478 e. The normalized spacial score (nSPS) is 10.2. The molecule has 0 fully saturated rings. The van der Waals surface area contributed by atoms with E-state index in [1.807, 2.05) is 0 Å². The highest BCUT2D eigenvalue weighted by Gasteiger charge is 2.21. The predicted octanol–water partition coefficient (Wildman–Crippen LogP) is 1.45. The summed E-state index contributed by atoms with van der Waals surface area (Å²) < 4.78 is 13.5. The van der Waals surface area contributed by atoms with Gasteiger partial charge in [0.15, 0.2) is 0 Å². The van der Waals surface area contributed by atoms with Gasteiger partial charge in [-0.15, -0.1) is 0 Å². The van der Waals surface area contributed by atoms with Crippen molar-refractivity contribution < 1.29 is 19.2 Å². The van der Waals surface area contributed by atoms with Gasteiger partial charge in [-0.05, 0) is 20.0 Å². The molecule has 1 aromatic rings. The molecule has 0 aliphatic heterocycles. The quantitative estimate of drug-likeness (QED) is 0.394. The van der Waals surface area contributed by atoms with E-state index in [1.54, 1.807) is 7.05 Å². The number of nitrogens with zero attached hydrogens (tertiary/aromatic N) is 1. The van der Waals surface area contributed by atoms with Crippen molar-refractivity contribution in [3.63, 3.8) is 0 Å². The summed E-state index contributed by atoms with van der Waals surface area (Å²) in [6.07, 6.45) is 0.690. The van der Waals surface area contributed by atoms with Crippen LogP contribution in [-0.2, 0) is 0 Å². The van der Waals surface area contributed by atoms with Crippen LogP contribution >= 0.6 is 0 Å². The van der Waals surface area contributed by atoms with Crippen molar-refractivity contribution in [3.05, 3.63) is 33.6 Å². The number of nitro benzene ring substituents is 1. The Morgan fingerprint density at radius 2 is 2.16 bits per heavy atom. The number of anilines is 1. The van der Waals surface area contributed by atoms with Gasteiger partial charge in [0.2, 0.25) is 0 Å². The first kappa shape index (κ1) is 14.8. The Kier molecular flexibility index (Phi) is 5.19. The molecule has 8 heteroatoms. The molecular formula is C11H14FN3O4. The molecule has 0 saturated carbocycles. The van der Waals surface area contributed by atoms with Crippen LogP contribution in [0.1, 0.15) is 16.8 Å². The summed E-state index contributed by atoms with van der Waals surface area (Å²) in [4.78, 5) is 20.8. The van der Waals surface area contributed by atoms with Gasteiger partial charge in [0, 0.05) is 18.7 Å². The van der Waals surface area contributed by atoms with Crippen LogP contribution in [0, 0.1) is 15.9 Å². The summed E-state index contributed by atoms with van der Waals surface area (Å²) in [5.74, 6) is -2.54. The van der Waals surface area contributed by atoms with Gasteiger partial charge in [-0.1, -0.05) is 0 Å². The Morgan fingerprint density at radius 1 is 1.47 bits per heavy atom. The molecular weight excluding hydrogens is 257 g/mol. The van der Waals surface area contributed by atoms with Crippen molar-refractivity contribution >= 4 is 17.3 Å². The van der Waals surface area contributed by atoms with Crippen LogP contribution in [-0.4, -0.2) is 36.1 Å². The number of aromatic carboxylic acids is 1. The van der Waals surface area contributed by atoms with Crippen molar-refractivity contribution in [1.29, 1.82) is 0 Å². The lowest BCUT2D eigenvalue weighted by molar-refractivity contribution is -0.384. The van der Waals surface area contributed by atoms with Crippen LogP contribution in [0.3, 0.4) is 0 Å². The second kappa shape index (κ2) is 6.64. The van der Waals surface area contributed by atoms with Crippen molar-refractivity contribution in [2.75, 3.05) is 25.5 Å². The van der Waals surface area contributed by atoms with Crippen LogP contribution < -0.4 is 10.6 Å². The third kappa shape index (κ3) is 3.88. The zero-order valence-corrected chi connectivity index (χ0v) is 10.3. The molecule has 0 aliphatic rings. The summed E-state index contributed by atoms with van der Waals surface area (Å²) in [5.41, 5.74) is -1.20. The Bertz CT molecular complexity index is 493. The van der Waals surface area contributed by atoms with E-state index in [4.69, 9.17) is 5.11 Å². The van der Waals surface area contributed by atoms with Crippen molar-refractivity contribution in [3.8, 4) is 0 Å². The van der Waals surface area contributed by atoms with Crippen LogP contribution in [0.25, 0.3) is 0 Å². The number of hydrogen-bond donors (Lipinski definition) is 3. The molecule has 0 aromatic heterocycles. The van der Waals surface area contributed by atoms with Crippen LogP contribution in [0.4, 0.5) is 15.8 Å². The average Bonchev–Trinajstić information content (AvgIpc) is 2.33. The number of nitrogens with one attached hydrogen (secondary N) is 2. The highest BCUT2D eigenvalue weighted by atomic mass is 19.1. The number of hydrogen-bond acceptors (Lipinski definition) is 5. The first-order valence-corrected chi connectivity index (χ1v) is 5.57. The largest absolute Gasteiger partial charge is 0.478 e. The summed E-state index contributed by atoms with van der Waals surface area (Å²) in [5, 5.41) is 25.2. The highest BCUT2D eigenvalue weighted by molar-refractivity contribution is 5.90. The molecule has 0 aliphatic carbocycles. The number of carboxylic acids is 1. The van der Waals surface area contributed by atoms with E-state index >= 15 is 0 Å². The Labute approximate surface area is 108 Å². The second-order valence-electron chi connectivity index (χ2n) is 3.80. The molecule has 1 aromatic carbocycles. The zero-order valence-electron chi connectivity index (χ0n) is 10.3. The number of carboxylic acid groups (broad SMARTS) is 1. The zero-order chi connectivity index (χ0) is 14.4. The van der Waals surface area contributed by atoms with E-state index in [2.05, 4.69) is 10.6 Å². The van der Waals surface area contributed by atoms with E-state index in [0.717, 1.165) is 12.1 Å². The Balaban J connectivity index is 2.99. The van der Waals surface area contributed by atoms with Gasteiger partial charge < -0.3 is 15.7 Å². The molecule has 7 nitrogen and oxygen atoms in total. The Hall–Kier alpha value is -2.22. The van der Waals surface area contributed by atoms with E-state index in [1.165, 1.54) is 0 Å². The predicted molar refractivity (Wildman–Crippen MR) is 67.0 cm³/mol. The third-order valence-corrected chi connectivity index (χ3v) is 2.43. The molecule has 0 radical (unpaired) electrons. The van der Waals surface area contributed by atoms with Gasteiger partial charge in [-0.3, -0.25) is 10.1 Å². The standard InChI is InChI=1S/C11H14FN3O4/c1-13-3-2-4-14-9-6-8(12)7(11(16)17)5-10(9)15(18)19/h5-6,13-14H,2-4H2,1H3,(H,16,17). The topological polar surface area (TPSA) is 104 Å². The fourth-order valence-corrected chi connectivity index (χ4v) is 1.51. The molecule has 0 atom stereocenters. The van der Waals surface area contributed by atoms with Crippen LogP contribution in [0.15, 0.2) is 12.1 Å². The molecule has 0 unspecified atom stereocenters. The molecule has 0 heterocycles. The molecule has 19 heavy (non-hydrogen) atoms. The average molecular weight is 271 g/mol. The maximum absolute atomic E-state index is 13.5. The van der Waals surface area contributed by atoms with E-state index < -0.39 is 28.0 Å². The molecule has 3 N–H and O–H groups in total. The fourth-order valence-electron chi connectivity index (χ4n) is 1.51. The van der Waals surface area contributed by atoms with Crippen molar-refractivity contribution in [2.24, 2.45) is 0 Å². The third-order valence-electron chi connectivity index (χ3n) is 2.43. The monoisotopic (exact) mass is 271 g/mol. The molecule has 104 valence electrons. The smallest absolute Gasteiger partial charge is 0.338 e. The minimum atomic E-state index is -1.54. The van der Waals surface area contributed by atoms with Crippen molar-refractivity contribution in [1.82, 2.24) is 5.32 Å². The SMILES string of the molecule is CNCCCNc1cc(F)c(C(=O)O)cc1[N+](=O)[O-]. The summed E-state index contributed by atoms with van der Waals surface area (Å²) in [6, 6.07) is 1.55. The Morgan fingerprint density at radius 3 is 2.68 bits per heavy atom. The van der Waals surface area contributed by atoms with Gasteiger partial charge in [-0.2, -0.15) is 0 Å². The molecule has 0 amide bonds. The van der Waals surface area contributed by atoms with Gasteiger partial charge in [-0.25, -0.2) is 9.18 Å². The lowest BCUT2D eigenvalue weighted by Crippen LogP contribution is -2.14. The van der Waals surface area contributed by atoms with Crippen LogP contribution in [0.2, 0.25) is 0 Å². The summed E-state index contributed by atoms with van der Waals surface area (Å²) in [7, 11) is 1.77. The summed E-state index contributed by atoms with van der Waals surface area (Å²) in [6.45, 7) is 1.12. The number of rotatable bonds is 7. The second-order valence-corrected chi connectivity index (χ2v) is 3.80. The van der Waals surface area contributed by atoms with Crippen molar-refractivity contribution in [2.45, 2.75) is 6.42 Å². The highest BCUT2D eigenvalue weighted by Crippen LogP contribution is 2.27. The number of carbonyl (C=O) groups is 1. The number of benzene rings is 1. The van der Waals surface area contributed by atoms with E-state index in [0.29, 0.717) is 19.5 Å². The molecule has 0 saturated heterocycles. The van der Waals surface area contributed by atoms with Gasteiger partial charge in [0.05, 0.1) is 4.92 Å². The van der Waals surface area contributed by atoms with Crippen LogP contribution in [0.5, 0.6) is 0 Å². The number of nitro groups is 1. The molecule has 1 rings (SSSR count). The first-order chi connectivity index (χ1) is 8.97. The number of halogens is 1. The molecule has 0 bridgehead atoms. The van der Waals surface area contributed by atoms with Gasteiger partial charge in [0.25, 0.3) is 5.69 Å². The fraction of sp³-hybridized carbons (Fsp3) is 0.364. The first-order valence-electron chi connectivity index (χ1n) is 5.57. The maximum atomic E-state index is 13.5. The van der Waals surface area contributed by atoms with E-state index in [9.17, 15) is 19.3 Å². The lowest BCUT2D eigenvalue weighted by Gasteiger charge is -2.08.